The summed E-state index contributed by atoms with van der Waals surface area (Å²) in [5.74, 6) is 2.32. The minimum Gasteiger partial charge on any atom is -0.467 e. The first-order valence-corrected chi connectivity index (χ1v) is 13.8. The van der Waals surface area contributed by atoms with Crippen molar-refractivity contribution in [1.82, 2.24) is 15.1 Å². The second-order valence-electron chi connectivity index (χ2n) is 11.2. The fourth-order valence-electron chi connectivity index (χ4n) is 6.25. The number of aryl methyl sites for hydroxylation is 1. The van der Waals surface area contributed by atoms with Crippen LogP contribution in [0.25, 0.3) is 0 Å². The van der Waals surface area contributed by atoms with E-state index < -0.39 is 5.72 Å². The summed E-state index contributed by atoms with van der Waals surface area (Å²) in [4.78, 5) is 32.8. The van der Waals surface area contributed by atoms with Gasteiger partial charge in [-0.25, -0.2) is 4.79 Å². The van der Waals surface area contributed by atoms with Gasteiger partial charge in [-0.1, -0.05) is 29.8 Å². The number of nitrogens with one attached hydrogen (secondary N) is 1. The lowest BCUT2D eigenvalue weighted by Crippen LogP contribution is -2.65. The van der Waals surface area contributed by atoms with E-state index in [4.69, 9.17) is 14.2 Å². The van der Waals surface area contributed by atoms with E-state index in [-0.39, 0.29) is 24.8 Å². The average Bonchev–Trinajstić information content (AvgIpc) is 3.41. The molecule has 7 rings (SSSR count). The summed E-state index contributed by atoms with van der Waals surface area (Å²) in [7, 11) is 0. The maximum atomic E-state index is 13.5. The highest BCUT2D eigenvalue weighted by molar-refractivity contribution is 5.99. The molecule has 3 aromatic rings. The molecular formula is C31H32N4O5. The van der Waals surface area contributed by atoms with Gasteiger partial charge in [-0.2, -0.15) is 0 Å². The van der Waals surface area contributed by atoms with E-state index >= 15 is 0 Å². The summed E-state index contributed by atoms with van der Waals surface area (Å²) in [6, 6.07) is 19.1. The van der Waals surface area contributed by atoms with Gasteiger partial charge in [0, 0.05) is 50.3 Å². The van der Waals surface area contributed by atoms with Gasteiger partial charge >= 0.3 is 6.03 Å². The summed E-state index contributed by atoms with van der Waals surface area (Å²) in [5.41, 5.74) is 3.63. The summed E-state index contributed by atoms with van der Waals surface area (Å²) >= 11 is 0. The van der Waals surface area contributed by atoms with Gasteiger partial charge in [-0.05, 0) is 55.8 Å². The van der Waals surface area contributed by atoms with Gasteiger partial charge in [-0.3, -0.25) is 14.6 Å². The fourth-order valence-corrected chi connectivity index (χ4v) is 6.25. The molecule has 3 amide bonds. The predicted molar refractivity (Wildman–Crippen MR) is 149 cm³/mol. The Morgan fingerprint density at radius 3 is 2.62 bits per heavy atom. The molecule has 3 aromatic carbocycles. The van der Waals surface area contributed by atoms with Crippen LogP contribution in [0.1, 0.15) is 46.4 Å². The third-order valence-electron chi connectivity index (χ3n) is 8.28. The van der Waals surface area contributed by atoms with E-state index in [1.807, 2.05) is 61.2 Å². The molecule has 9 nitrogen and oxygen atoms in total. The van der Waals surface area contributed by atoms with Gasteiger partial charge in [0.2, 0.25) is 6.79 Å². The lowest BCUT2D eigenvalue weighted by atomic mass is 9.89. The number of hydrogen-bond acceptors (Lipinski definition) is 6. The quantitative estimate of drug-likeness (QED) is 0.527. The Labute approximate surface area is 233 Å². The van der Waals surface area contributed by atoms with Crippen molar-refractivity contribution < 1.29 is 23.8 Å². The van der Waals surface area contributed by atoms with Gasteiger partial charge in [0.25, 0.3) is 5.91 Å². The Kier molecular flexibility index (Phi) is 5.85. The second-order valence-corrected chi connectivity index (χ2v) is 11.2. The number of piperazine rings is 1. The molecule has 0 aliphatic carbocycles. The van der Waals surface area contributed by atoms with Crippen LogP contribution in [0.2, 0.25) is 0 Å². The molecule has 40 heavy (non-hydrogen) atoms. The fraction of sp³-hybridized carbons (Fsp3) is 0.355. The lowest BCUT2D eigenvalue weighted by Gasteiger charge is -2.50. The zero-order valence-corrected chi connectivity index (χ0v) is 22.7. The predicted octanol–water partition coefficient (Wildman–Crippen LogP) is 4.45. The number of hydrogen-bond donors (Lipinski definition) is 1. The second kappa shape index (κ2) is 9.45. The maximum absolute atomic E-state index is 13.5. The third kappa shape index (κ3) is 4.30. The zero-order valence-electron chi connectivity index (χ0n) is 22.7. The molecule has 206 valence electrons. The number of nitrogens with zero attached hydrogens (tertiary/aromatic N) is 3. The molecule has 0 saturated carbocycles. The minimum absolute atomic E-state index is 0.0320. The molecule has 4 aliphatic heterocycles. The first kappa shape index (κ1) is 24.8. The van der Waals surface area contributed by atoms with Crippen molar-refractivity contribution in [3.8, 4) is 17.2 Å². The molecule has 2 fully saturated rings. The van der Waals surface area contributed by atoms with Crippen LogP contribution in [0.15, 0.2) is 60.7 Å². The topological polar surface area (TPSA) is 83.6 Å². The number of carbonyl (C=O) groups excluding carboxylic acids is 2. The first-order valence-electron chi connectivity index (χ1n) is 13.8. The molecule has 0 spiro atoms. The molecule has 0 radical (unpaired) electrons. The Bertz CT molecular complexity index is 1500. The number of carbonyl (C=O) groups is 2. The molecule has 2 atom stereocenters. The van der Waals surface area contributed by atoms with Gasteiger partial charge in [0.15, 0.2) is 17.2 Å². The van der Waals surface area contributed by atoms with Crippen molar-refractivity contribution in [3.63, 3.8) is 0 Å². The highest BCUT2D eigenvalue weighted by Gasteiger charge is 2.50. The summed E-state index contributed by atoms with van der Waals surface area (Å²) in [6.45, 7) is 7.86. The SMILES string of the molecule is Cc1ccc2c(c1)C1CC(C)(O2)N(c2cccc(C(=O)N3CCN(Cc4ccc5c(c4)OCO5)CC3)c2)C(=O)N1. The van der Waals surface area contributed by atoms with Crippen LogP contribution < -0.4 is 24.4 Å². The number of rotatable bonds is 4. The third-order valence-corrected chi connectivity index (χ3v) is 8.28. The van der Waals surface area contributed by atoms with Crippen LogP contribution in [0.3, 0.4) is 0 Å². The average molecular weight is 541 g/mol. The highest BCUT2D eigenvalue weighted by atomic mass is 16.7. The van der Waals surface area contributed by atoms with Gasteiger partial charge < -0.3 is 24.4 Å². The molecule has 2 saturated heterocycles. The maximum Gasteiger partial charge on any atom is 0.325 e. The normalized spacial score (nSPS) is 23.4. The summed E-state index contributed by atoms with van der Waals surface area (Å²) < 4.78 is 17.3. The van der Waals surface area contributed by atoms with Gasteiger partial charge in [0.1, 0.15) is 5.75 Å². The number of anilines is 1. The largest absolute Gasteiger partial charge is 0.467 e. The molecule has 2 unspecified atom stereocenters. The monoisotopic (exact) mass is 540 g/mol. The Morgan fingerprint density at radius 1 is 0.975 bits per heavy atom. The number of urea groups is 1. The van der Waals surface area contributed by atoms with E-state index in [0.717, 1.165) is 53.6 Å². The minimum atomic E-state index is -0.864. The molecule has 1 N–H and O–H groups in total. The zero-order chi connectivity index (χ0) is 27.4. The van der Waals surface area contributed by atoms with E-state index in [1.165, 1.54) is 0 Å². The number of fused-ring (bicyclic) bond motifs is 5. The Morgan fingerprint density at radius 2 is 1.77 bits per heavy atom. The van der Waals surface area contributed by atoms with Crippen molar-refractivity contribution in [2.24, 2.45) is 0 Å². The van der Waals surface area contributed by atoms with Crippen LogP contribution >= 0.6 is 0 Å². The van der Waals surface area contributed by atoms with E-state index in [2.05, 4.69) is 22.3 Å². The van der Waals surface area contributed by atoms with Crippen LogP contribution in [-0.2, 0) is 6.54 Å². The molecule has 4 aliphatic rings. The van der Waals surface area contributed by atoms with Gasteiger partial charge in [0.05, 0.1) is 11.7 Å². The molecule has 0 aromatic heterocycles. The molecular weight excluding hydrogens is 508 g/mol. The smallest absolute Gasteiger partial charge is 0.325 e. The van der Waals surface area contributed by atoms with E-state index in [0.29, 0.717) is 30.8 Å². The van der Waals surface area contributed by atoms with Crippen LogP contribution in [0.5, 0.6) is 17.2 Å². The Balaban J connectivity index is 1.04. The van der Waals surface area contributed by atoms with Gasteiger partial charge in [-0.15, -0.1) is 0 Å². The Hall–Kier alpha value is -4.24. The van der Waals surface area contributed by atoms with E-state index in [9.17, 15) is 9.59 Å². The summed E-state index contributed by atoms with van der Waals surface area (Å²) in [5, 5.41) is 3.15. The summed E-state index contributed by atoms with van der Waals surface area (Å²) in [6.07, 6.45) is 0.610. The number of ether oxygens (including phenoxy) is 3. The van der Waals surface area contributed by atoms with E-state index in [1.54, 1.807) is 11.0 Å². The lowest BCUT2D eigenvalue weighted by molar-refractivity contribution is 0.0377. The van der Waals surface area contributed by atoms with Crippen molar-refractivity contribution in [2.45, 2.75) is 38.6 Å². The van der Waals surface area contributed by atoms with Crippen molar-refractivity contribution in [2.75, 3.05) is 37.9 Å². The highest BCUT2D eigenvalue weighted by Crippen LogP contribution is 2.46. The number of amides is 3. The van der Waals surface area contributed by atoms with Crippen molar-refractivity contribution in [1.29, 1.82) is 0 Å². The van der Waals surface area contributed by atoms with Crippen molar-refractivity contribution >= 4 is 17.6 Å². The molecule has 4 heterocycles. The first-order chi connectivity index (χ1) is 19.4. The molecule has 2 bridgehead atoms. The van der Waals surface area contributed by atoms with Crippen LogP contribution in [0.4, 0.5) is 10.5 Å². The van der Waals surface area contributed by atoms with Crippen LogP contribution in [-0.4, -0.2) is 60.4 Å². The van der Waals surface area contributed by atoms with Crippen molar-refractivity contribution in [3.05, 3.63) is 82.9 Å². The standard InChI is InChI=1S/C31H32N4O5/c1-20-6-8-26-24(14-20)25-17-31(2,40-26)35(30(37)32-25)23-5-3-4-22(16-23)29(36)34-12-10-33(11-13-34)18-21-7-9-27-28(15-21)39-19-38-27/h3-9,14-16,25H,10-13,17-19H2,1-2H3,(H,32,37). The van der Waals surface area contributed by atoms with Crippen LogP contribution in [0, 0.1) is 6.92 Å². The number of benzene rings is 3. The molecule has 9 heteroatoms.